The lowest BCUT2D eigenvalue weighted by atomic mass is 9.62. The van der Waals surface area contributed by atoms with E-state index in [1.807, 2.05) is 19.9 Å². The smallest absolute Gasteiger partial charge is 0.490 e. The minimum absolute atomic E-state index is 0.119. The summed E-state index contributed by atoms with van der Waals surface area (Å²) in [6.07, 6.45) is -4.57. The molecule has 1 unspecified atom stereocenters. The third-order valence-electron chi connectivity index (χ3n) is 6.51. The van der Waals surface area contributed by atoms with Crippen LogP contribution in [0.4, 0.5) is 13.2 Å². The van der Waals surface area contributed by atoms with Gasteiger partial charge in [0.2, 0.25) is 0 Å². The summed E-state index contributed by atoms with van der Waals surface area (Å²) in [5.74, 6) is 2.63. The number of carboxylic acids is 1. The van der Waals surface area contributed by atoms with Crippen LogP contribution in [-0.2, 0) is 20.4 Å². The number of benzene rings is 2. The largest absolute Gasteiger partial charge is 0.490 e. The molecule has 0 bridgehead atoms. The fraction of sp³-hybridized carbons (Fsp3) is 0.429. The van der Waals surface area contributed by atoms with Crippen molar-refractivity contribution in [3.63, 3.8) is 0 Å². The summed E-state index contributed by atoms with van der Waals surface area (Å²) < 4.78 is 47.3. The number of aliphatic hydroxyl groups excluding tert-OH is 1. The van der Waals surface area contributed by atoms with Gasteiger partial charge in [0.05, 0.1) is 5.56 Å². The van der Waals surface area contributed by atoms with Crippen molar-refractivity contribution in [3.05, 3.63) is 64.2 Å². The minimum Gasteiger partial charge on any atom is -0.490 e. The first-order valence-electron chi connectivity index (χ1n) is 11.7. The van der Waals surface area contributed by atoms with E-state index in [-0.39, 0.29) is 23.0 Å². The van der Waals surface area contributed by atoms with Gasteiger partial charge in [-0.05, 0) is 65.1 Å². The molecule has 6 nitrogen and oxygen atoms in total. The fourth-order valence-corrected chi connectivity index (χ4v) is 4.32. The van der Waals surface area contributed by atoms with Crippen LogP contribution < -0.4 is 4.74 Å². The van der Waals surface area contributed by atoms with E-state index in [9.17, 15) is 27.9 Å². The minimum atomic E-state index is -5.08. The lowest BCUT2D eigenvalue weighted by molar-refractivity contribution is -0.200. The number of carbonyl (C=O) groups is 2. The molecule has 0 aromatic heterocycles. The molecule has 2 aromatic carbocycles. The first-order valence-corrected chi connectivity index (χ1v) is 11.7. The Morgan fingerprint density at radius 3 is 2.24 bits per heavy atom. The zero-order valence-electron chi connectivity index (χ0n) is 21.0. The Kier molecular flexibility index (Phi) is 7.94. The Labute approximate surface area is 213 Å². The molecule has 0 spiro atoms. The van der Waals surface area contributed by atoms with Gasteiger partial charge in [0.15, 0.2) is 0 Å². The van der Waals surface area contributed by atoms with Gasteiger partial charge in [-0.2, -0.15) is 13.2 Å². The van der Waals surface area contributed by atoms with Gasteiger partial charge in [-0.1, -0.05) is 45.6 Å². The quantitative estimate of drug-likeness (QED) is 0.306. The molecule has 0 aliphatic heterocycles. The number of ether oxygens (including phenoxy) is 2. The van der Waals surface area contributed by atoms with E-state index in [0.29, 0.717) is 16.9 Å². The van der Waals surface area contributed by atoms with Crippen molar-refractivity contribution in [1.82, 2.24) is 0 Å². The van der Waals surface area contributed by atoms with Crippen LogP contribution >= 0.6 is 0 Å². The monoisotopic (exact) mass is 518 g/mol. The number of rotatable bonds is 6. The number of aromatic carboxylic acids is 1. The van der Waals surface area contributed by atoms with Crippen LogP contribution in [0.2, 0.25) is 0 Å². The molecule has 3 rings (SSSR count). The second-order valence-corrected chi connectivity index (χ2v) is 10.2. The van der Waals surface area contributed by atoms with Gasteiger partial charge in [0.1, 0.15) is 25.1 Å². The molecule has 1 aliphatic rings. The second-order valence-electron chi connectivity index (χ2n) is 10.2. The van der Waals surface area contributed by atoms with Gasteiger partial charge in [0.25, 0.3) is 0 Å². The Balaban J connectivity index is 1.92. The molecule has 2 N–H and O–H groups in total. The molecular weight excluding hydrogens is 489 g/mol. The average molecular weight is 519 g/mol. The highest BCUT2D eigenvalue weighted by molar-refractivity contribution is 5.87. The zero-order chi connectivity index (χ0) is 27.6. The summed E-state index contributed by atoms with van der Waals surface area (Å²) in [7, 11) is 0. The number of alkyl halides is 3. The van der Waals surface area contributed by atoms with Gasteiger partial charge in [-0.15, -0.1) is 0 Å². The van der Waals surface area contributed by atoms with E-state index in [0.717, 1.165) is 24.0 Å². The van der Waals surface area contributed by atoms with Gasteiger partial charge in [-0.3, -0.25) is 0 Å². The summed E-state index contributed by atoms with van der Waals surface area (Å²) in [4.78, 5) is 22.0. The van der Waals surface area contributed by atoms with Gasteiger partial charge in [0, 0.05) is 11.1 Å². The lowest BCUT2D eigenvalue weighted by Crippen LogP contribution is -2.35. The number of hydrogen-bond donors (Lipinski definition) is 2. The second kappa shape index (κ2) is 10.5. The molecule has 37 heavy (non-hydrogen) atoms. The SMILES string of the molecule is CC1(C)CCC(C)(C)c2c(OCCOC(=O)C(F)(F)F)cc(C(O)C#Cc3ccc(C(=O)O)cc3)cc21. The molecule has 9 heteroatoms. The Hall–Kier alpha value is -3.51. The number of carbonyl (C=O) groups excluding carboxylic acids is 1. The number of esters is 1. The van der Waals surface area contributed by atoms with Crippen molar-refractivity contribution in [3.8, 4) is 17.6 Å². The Morgan fingerprint density at radius 2 is 1.65 bits per heavy atom. The van der Waals surface area contributed by atoms with Crippen molar-refractivity contribution in [1.29, 1.82) is 0 Å². The third-order valence-corrected chi connectivity index (χ3v) is 6.51. The van der Waals surface area contributed by atoms with Crippen molar-refractivity contribution >= 4 is 11.9 Å². The molecule has 0 heterocycles. The molecular formula is C28H29F3O6. The van der Waals surface area contributed by atoms with Gasteiger partial charge in [-0.25, -0.2) is 9.59 Å². The van der Waals surface area contributed by atoms with Crippen molar-refractivity contribution in [2.75, 3.05) is 13.2 Å². The van der Waals surface area contributed by atoms with Crippen LogP contribution in [0.1, 0.15) is 79.3 Å². The molecule has 0 fully saturated rings. The highest BCUT2D eigenvalue weighted by Crippen LogP contribution is 2.50. The molecule has 0 amide bonds. The summed E-state index contributed by atoms with van der Waals surface area (Å²) in [6.45, 7) is 7.36. The van der Waals surface area contributed by atoms with Crippen LogP contribution in [-0.4, -0.2) is 41.5 Å². The Bertz CT molecular complexity index is 1230. The highest BCUT2D eigenvalue weighted by Gasteiger charge is 2.41. The van der Waals surface area contributed by atoms with Crippen molar-refractivity contribution < 1.29 is 42.4 Å². The maximum Gasteiger partial charge on any atom is 0.490 e. The number of hydrogen-bond acceptors (Lipinski definition) is 5. The predicted molar refractivity (Wildman–Crippen MR) is 129 cm³/mol. The van der Waals surface area contributed by atoms with E-state index in [1.165, 1.54) is 12.1 Å². The summed E-state index contributed by atoms with van der Waals surface area (Å²) >= 11 is 0. The van der Waals surface area contributed by atoms with Crippen molar-refractivity contribution in [2.45, 2.75) is 63.6 Å². The molecule has 1 aliphatic carbocycles. The van der Waals surface area contributed by atoms with Gasteiger partial charge < -0.3 is 19.7 Å². The maximum absolute atomic E-state index is 12.4. The van der Waals surface area contributed by atoms with Crippen LogP contribution in [0.15, 0.2) is 36.4 Å². The van der Waals surface area contributed by atoms with Gasteiger partial charge >= 0.3 is 18.1 Å². The topological polar surface area (TPSA) is 93.1 Å². The number of carboxylic acid groups (broad SMARTS) is 1. The fourth-order valence-electron chi connectivity index (χ4n) is 4.32. The molecule has 198 valence electrons. The van der Waals surface area contributed by atoms with Crippen LogP contribution in [0, 0.1) is 11.8 Å². The number of fused-ring (bicyclic) bond motifs is 1. The summed E-state index contributed by atoms with van der Waals surface area (Å²) in [5, 5.41) is 19.9. The highest BCUT2D eigenvalue weighted by atomic mass is 19.4. The first-order chi connectivity index (χ1) is 17.1. The zero-order valence-corrected chi connectivity index (χ0v) is 21.0. The number of halogens is 3. The molecule has 0 saturated heterocycles. The van der Waals surface area contributed by atoms with Crippen molar-refractivity contribution in [2.24, 2.45) is 0 Å². The van der Waals surface area contributed by atoms with E-state index >= 15 is 0 Å². The standard InChI is InChI=1S/C28H29F3O6/c1-26(2)11-12-27(3,4)23-20(26)15-19(16-22(23)36-13-14-37-25(35)28(29,30)31)21(32)10-7-17-5-8-18(9-6-17)24(33)34/h5-6,8-9,15-16,21,32H,11-14H2,1-4H3,(H,33,34). The Morgan fingerprint density at radius 1 is 1.03 bits per heavy atom. The predicted octanol–water partition coefficient (Wildman–Crippen LogP) is 5.30. The normalized spacial score (nSPS) is 16.5. The van der Waals surface area contributed by atoms with E-state index in [2.05, 4.69) is 30.4 Å². The summed E-state index contributed by atoms with van der Waals surface area (Å²) in [6, 6.07) is 9.40. The van der Waals surface area contributed by atoms with Crippen LogP contribution in [0.25, 0.3) is 0 Å². The molecule has 1 atom stereocenters. The average Bonchev–Trinajstić information content (AvgIpc) is 2.82. The molecule has 2 aromatic rings. The van der Waals surface area contributed by atoms with Crippen LogP contribution in [0.3, 0.4) is 0 Å². The number of aliphatic hydroxyl groups is 1. The van der Waals surface area contributed by atoms with E-state index < -0.39 is 30.8 Å². The van der Waals surface area contributed by atoms with E-state index in [1.54, 1.807) is 18.2 Å². The summed E-state index contributed by atoms with van der Waals surface area (Å²) in [5.41, 5.74) is 2.35. The van der Waals surface area contributed by atoms with Crippen LogP contribution in [0.5, 0.6) is 5.75 Å². The van der Waals surface area contributed by atoms with E-state index in [4.69, 9.17) is 9.84 Å². The third kappa shape index (κ3) is 6.63. The first kappa shape index (κ1) is 28.1. The lowest BCUT2D eigenvalue weighted by Gasteiger charge is -2.43. The maximum atomic E-state index is 12.4. The molecule has 0 radical (unpaired) electrons. The molecule has 0 saturated carbocycles.